The Morgan fingerprint density at radius 1 is 0.702 bits per heavy atom. The number of rotatable bonds is 9. The molecule has 3 aromatic carbocycles. The number of piperidine rings is 1. The maximum Gasteiger partial charge on any atom is 0.199 e. The quantitative estimate of drug-likeness (QED) is 0.231. The lowest BCUT2D eigenvalue weighted by Crippen LogP contribution is -2.50. The van der Waals surface area contributed by atoms with Crippen molar-refractivity contribution in [1.29, 1.82) is 0 Å². The molecule has 0 radical (unpaired) electrons. The van der Waals surface area contributed by atoms with Gasteiger partial charge in [0.2, 0.25) is 0 Å². The highest BCUT2D eigenvalue weighted by atomic mass is 16.7. The van der Waals surface area contributed by atoms with Crippen LogP contribution in [0.5, 0.6) is 23.0 Å². The SMILES string of the molecule is CC1=C(c2cccc(OC3CCCCO3)c2)[C@H](c2ccc(OC(C)(C)N3CCCCC3)cc2)Oc2ccc(OC3CCCCO3)cc21. The van der Waals surface area contributed by atoms with E-state index in [2.05, 4.69) is 74.2 Å². The zero-order valence-electron chi connectivity index (χ0n) is 28.2. The van der Waals surface area contributed by atoms with E-state index in [1.807, 2.05) is 18.2 Å². The Balaban J connectivity index is 1.20. The highest BCUT2D eigenvalue weighted by Gasteiger charge is 2.32. The van der Waals surface area contributed by atoms with Crippen LogP contribution < -0.4 is 18.9 Å². The van der Waals surface area contributed by atoms with Crippen LogP contribution in [0, 0.1) is 0 Å². The lowest BCUT2D eigenvalue weighted by molar-refractivity contribution is -0.106. The van der Waals surface area contributed by atoms with Gasteiger partial charge in [-0.3, -0.25) is 4.90 Å². The molecule has 3 atom stereocenters. The van der Waals surface area contributed by atoms with E-state index in [9.17, 15) is 0 Å². The van der Waals surface area contributed by atoms with Crippen LogP contribution in [0.25, 0.3) is 11.1 Å². The highest BCUT2D eigenvalue weighted by Crippen LogP contribution is 2.48. The summed E-state index contributed by atoms with van der Waals surface area (Å²) in [5.41, 5.74) is 5.01. The molecule has 7 rings (SSSR count). The van der Waals surface area contributed by atoms with Gasteiger partial charge in [0.25, 0.3) is 0 Å². The van der Waals surface area contributed by atoms with Crippen molar-refractivity contribution in [3.05, 3.63) is 83.4 Å². The molecule has 4 aliphatic heterocycles. The Morgan fingerprint density at radius 3 is 2.02 bits per heavy atom. The molecule has 4 heterocycles. The number of hydrogen-bond donors (Lipinski definition) is 0. The smallest absolute Gasteiger partial charge is 0.199 e. The molecule has 7 heteroatoms. The minimum Gasteiger partial charge on any atom is -0.480 e. The van der Waals surface area contributed by atoms with Gasteiger partial charge in [0.1, 0.15) is 29.1 Å². The van der Waals surface area contributed by atoms with Crippen molar-refractivity contribution in [2.45, 2.75) is 103 Å². The Kier molecular flexibility index (Phi) is 9.75. The number of allylic oxidation sites excluding steroid dienone is 1. The van der Waals surface area contributed by atoms with Crippen LogP contribution in [-0.4, -0.2) is 49.5 Å². The van der Waals surface area contributed by atoms with Crippen LogP contribution in [0.15, 0.2) is 66.7 Å². The van der Waals surface area contributed by atoms with Crippen LogP contribution >= 0.6 is 0 Å². The molecule has 2 unspecified atom stereocenters. The van der Waals surface area contributed by atoms with Gasteiger partial charge in [-0.2, -0.15) is 0 Å². The van der Waals surface area contributed by atoms with E-state index in [1.165, 1.54) is 19.3 Å². The Morgan fingerprint density at radius 2 is 1.36 bits per heavy atom. The second-order valence-corrected chi connectivity index (χ2v) is 13.7. The molecule has 0 aliphatic carbocycles. The standard InChI is InChI=1S/C40H49NO6/c1-28-34-27-33(45-37-15-6-10-25-43-37)20-21-35(34)46-39(38(28)30-12-11-13-32(26-30)44-36-14-5-9-24-42-36)29-16-18-31(19-17-29)47-40(2,3)41-22-7-4-8-23-41/h11-13,16-21,26-27,36-37,39H,4-10,14-15,22-25H2,1-3H3/t36?,37?,39-/m0/s1. The van der Waals surface area contributed by atoms with Crippen LogP contribution in [0.4, 0.5) is 0 Å². The average Bonchev–Trinajstić information content (AvgIpc) is 3.10. The first-order valence-corrected chi connectivity index (χ1v) is 17.7. The second-order valence-electron chi connectivity index (χ2n) is 13.7. The zero-order chi connectivity index (χ0) is 32.2. The van der Waals surface area contributed by atoms with Gasteiger partial charge in [-0.15, -0.1) is 0 Å². The van der Waals surface area contributed by atoms with Gasteiger partial charge in [0.15, 0.2) is 18.3 Å². The molecular weight excluding hydrogens is 590 g/mol. The molecule has 0 N–H and O–H groups in total. The van der Waals surface area contributed by atoms with E-state index < -0.39 is 0 Å². The number of nitrogens with zero attached hydrogens (tertiary/aromatic N) is 1. The summed E-state index contributed by atoms with van der Waals surface area (Å²) in [7, 11) is 0. The van der Waals surface area contributed by atoms with Crippen LogP contribution in [0.1, 0.15) is 101 Å². The fourth-order valence-electron chi connectivity index (χ4n) is 7.25. The van der Waals surface area contributed by atoms with E-state index in [-0.39, 0.29) is 24.4 Å². The lowest BCUT2D eigenvalue weighted by atomic mass is 9.86. The van der Waals surface area contributed by atoms with Crippen molar-refractivity contribution >= 4 is 11.1 Å². The Labute approximate surface area is 279 Å². The fourth-order valence-corrected chi connectivity index (χ4v) is 7.25. The Hall–Kier alpha value is -3.52. The summed E-state index contributed by atoms with van der Waals surface area (Å²) in [6.07, 6.45) is 9.23. The van der Waals surface area contributed by atoms with Gasteiger partial charge in [0, 0.05) is 37.1 Å². The minimum atomic E-state index is -0.366. The molecule has 3 fully saturated rings. The van der Waals surface area contributed by atoms with Crippen LogP contribution in [0.2, 0.25) is 0 Å². The predicted molar refractivity (Wildman–Crippen MR) is 184 cm³/mol. The minimum absolute atomic E-state index is 0.209. The molecule has 0 aromatic heterocycles. The molecule has 0 bridgehead atoms. The predicted octanol–water partition coefficient (Wildman–Crippen LogP) is 9.16. The first-order chi connectivity index (χ1) is 22.9. The molecule has 0 amide bonds. The van der Waals surface area contributed by atoms with Crippen molar-refractivity contribution < 1.29 is 28.4 Å². The molecular formula is C40H49NO6. The summed E-state index contributed by atoms with van der Waals surface area (Å²) in [5, 5.41) is 0. The van der Waals surface area contributed by atoms with Gasteiger partial charge in [-0.1, -0.05) is 30.7 Å². The fraction of sp³-hybridized carbons (Fsp3) is 0.500. The van der Waals surface area contributed by atoms with Gasteiger partial charge in [-0.05, 0) is 118 Å². The summed E-state index contributed by atoms with van der Waals surface area (Å²) < 4.78 is 37.8. The third-order valence-electron chi connectivity index (χ3n) is 9.89. The molecule has 4 aliphatic rings. The average molecular weight is 640 g/mol. The molecule has 3 aromatic rings. The summed E-state index contributed by atoms with van der Waals surface area (Å²) in [4.78, 5) is 2.45. The topological polar surface area (TPSA) is 58.6 Å². The van der Waals surface area contributed by atoms with Gasteiger partial charge >= 0.3 is 0 Å². The van der Waals surface area contributed by atoms with E-state index >= 15 is 0 Å². The molecule has 0 saturated carbocycles. The van der Waals surface area contributed by atoms with Crippen molar-refractivity contribution in [2.75, 3.05) is 26.3 Å². The third-order valence-corrected chi connectivity index (χ3v) is 9.89. The monoisotopic (exact) mass is 639 g/mol. The largest absolute Gasteiger partial charge is 0.480 e. The van der Waals surface area contributed by atoms with E-state index in [4.69, 9.17) is 28.4 Å². The number of fused-ring (bicyclic) bond motifs is 1. The second kappa shape index (κ2) is 14.3. The number of hydrogen-bond acceptors (Lipinski definition) is 7. The molecule has 7 nitrogen and oxygen atoms in total. The third kappa shape index (κ3) is 7.48. The Bertz CT molecular complexity index is 1530. The van der Waals surface area contributed by atoms with Crippen LogP contribution in [0.3, 0.4) is 0 Å². The van der Waals surface area contributed by atoms with Gasteiger partial charge in [0.05, 0.1) is 13.2 Å². The summed E-state index contributed by atoms with van der Waals surface area (Å²) in [6.45, 7) is 10.2. The van der Waals surface area contributed by atoms with E-state index in [1.54, 1.807) is 0 Å². The summed E-state index contributed by atoms with van der Waals surface area (Å²) in [6, 6.07) is 22.9. The maximum absolute atomic E-state index is 6.87. The molecule has 47 heavy (non-hydrogen) atoms. The van der Waals surface area contributed by atoms with Crippen molar-refractivity contribution in [2.24, 2.45) is 0 Å². The van der Waals surface area contributed by atoms with Crippen molar-refractivity contribution in [3.8, 4) is 23.0 Å². The summed E-state index contributed by atoms with van der Waals surface area (Å²) in [5.74, 6) is 3.29. The molecule has 3 saturated heterocycles. The first kappa shape index (κ1) is 32.0. The molecule has 0 spiro atoms. The zero-order valence-corrected chi connectivity index (χ0v) is 28.2. The normalized spacial score (nSPS) is 23.9. The van der Waals surface area contributed by atoms with Crippen molar-refractivity contribution in [1.82, 2.24) is 4.90 Å². The van der Waals surface area contributed by atoms with E-state index in [0.29, 0.717) is 0 Å². The number of likely N-dealkylation sites (tertiary alicyclic amines) is 1. The van der Waals surface area contributed by atoms with Crippen molar-refractivity contribution in [3.63, 3.8) is 0 Å². The maximum atomic E-state index is 6.87. The van der Waals surface area contributed by atoms with Gasteiger partial charge in [-0.25, -0.2) is 0 Å². The number of benzene rings is 3. The lowest BCUT2D eigenvalue weighted by Gasteiger charge is -2.40. The van der Waals surface area contributed by atoms with E-state index in [0.717, 1.165) is 116 Å². The number of ether oxygens (including phenoxy) is 6. The first-order valence-electron chi connectivity index (χ1n) is 17.7. The summed E-state index contributed by atoms with van der Waals surface area (Å²) >= 11 is 0. The highest BCUT2D eigenvalue weighted by molar-refractivity contribution is 5.96. The molecule has 250 valence electrons. The van der Waals surface area contributed by atoms with Gasteiger partial charge < -0.3 is 28.4 Å². The van der Waals surface area contributed by atoms with Crippen LogP contribution in [-0.2, 0) is 9.47 Å².